The normalized spacial score (nSPS) is 13.5. The highest BCUT2D eigenvalue weighted by atomic mass is 16.6. The predicted octanol–water partition coefficient (Wildman–Crippen LogP) is 4.41. The van der Waals surface area contributed by atoms with Crippen molar-refractivity contribution in [1.29, 1.82) is 0 Å². The van der Waals surface area contributed by atoms with Crippen LogP contribution in [0.4, 0.5) is 11.4 Å². The number of amides is 1. The van der Waals surface area contributed by atoms with Crippen molar-refractivity contribution >= 4 is 17.3 Å². The molecule has 0 fully saturated rings. The van der Waals surface area contributed by atoms with Crippen molar-refractivity contribution < 1.29 is 9.72 Å². The number of carbonyl (C=O) groups is 1. The second-order valence-corrected chi connectivity index (χ2v) is 7.19. The molecule has 6 heteroatoms. The number of hydrogen-bond donors (Lipinski definition) is 1. The Labute approximate surface area is 168 Å². The van der Waals surface area contributed by atoms with E-state index in [4.69, 9.17) is 0 Å². The van der Waals surface area contributed by atoms with Gasteiger partial charge in [0.05, 0.1) is 4.92 Å². The number of nitro benzene ring substituents is 1. The maximum absolute atomic E-state index is 12.4. The Balaban J connectivity index is 1.38. The van der Waals surface area contributed by atoms with Crippen LogP contribution in [0.1, 0.15) is 27.0 Å². The summed E-state index contributed by atoms with van der Waals surface area (Å²) in [6.45, 7) is 2.79. The monoisotopic (exact) mass is 387 g/mol. The second-order valence-electron chi connectivity index (χ2n) is 7.19. The van der Waals surface area contributed by atoms with Gasteiger partial charge in [-0.25, -0.2) is 0 Å². The Kier molecular flexibility index (Phi) is 5.35. The molecule has 146 valence electrons. The fraction of sp³-hybridized carbons (Fsp3) is 0.174. The van der Waals surface area contributed by atoms with Gasteiger partial charge in [0.2, 0.25) is 0 Å². The van der Waals surface area contributed by atoms with Crippen LogP contribution in [-0.4, -0.2) is 22.3 Å². The van der Waals surface area contributed by atoms with Crippen LogP contribution in [0.15, 0.2) is 72.8 Å². The number of nitrogens with one attached hydrogen (secondary N) is 1. The second kappa shape index (κ2) is 8.24. The third-order valence-electron chi connectivity index (χ3n) is 5.15. The number of hydrogen-bond acceptors (Lipinski definition) is 4. The van der Waals surface area contributed by atoms with E-state index >= 15 is 0 Å². The molecule has 6 nitrogen and oxygen atoms in total. The summed E-state index contributed by atoms with van der Waals surface area (Å²) in [6.07, 6.45) is 1.06. The van der Waals surface area contributed by atoms with Crippen LogP contribution in [-0.2, 0) is 19.5 Å². The molecule has 4 rings (SSSR count). The summed E-state index contributed by atoms with van der Waals surface area (Å²) < 4.78 is 0. The van der Waals surface area contributed by atoms with Gasteiger partial charge < -0.3 is 5.32 Å². The number of non-ortho nitro benzene ring substituents is 1. The van der Waals surface area contributed by atoms with E-state index in [0.29, 0.717) is 11.3 Å². The highest BCUT2D eigenvalue weighted by Crippen LogP contribution is 2.21. The van der Waals surface area contributed by atoms with Crippen molar-refractivity contribution in [2.45, 2.75) is 19.5 Å². The van der Waals surface area contributed by atoms with Gasteiger partial charge in [0.25, 0.3) is 11.6 Å². The zero-order chi connectivity index (χ0) is 20.2. The highest BCUT2D eigenvalue weighted by molar-refractivity contribution is 6.04. The Hall–Kier alpha value is -3.51. The minimum absolute atomic E-state index is 0.0544. The van der Waals surface area contributed by atoms with E-state index in [2.05, 4.69) is 34.5 Å². The zero-order valence-corrected chi connectivity index (χ0v) is 15.9. The summed E-state index contributed by atoms with van der Waals surface area (Å²) in [4.78, 5) is 25.2. The van der Waals surface area contributed by atoms with Gasteiger partial charge in [0, 0.05) is 43.0 Å². The fourth-order valence-corrected chi connectivity index (χ4v) is 3.61. The molecule has 0 unspecified atom stereocenters. The number of nitrogens with zero attached hydrogens (tertiary/aromatic N) is 2. The van der Waals surface area contributed by atoms with Gasteiger partial charge in [-0.1, -0.05) is 42.5 Å². The van der Waals surface area contributed by atoms with Crippen molar-refractivity contribution in [2.24, 2.45) is 0 Å². The minimum Gasteiger partial charge on any atom is -0.322 e. The summed E-state index contributed by atoms with van der Waals surface area (Å²) in [5.41, 5.74) is 4.82. The summed E-state index contributed by atoms with van der Waals surface area (Å²) in [7, 11) is 0. The number of nitro groups is 1. The SMILES string of the molecule is O=C(Nc1cccc([N+](=O)[O-])c1)c1ccc(CN2CCc3ccccc3C2)cc1. The lowest BCUT2D eigenvalue weighted by molar-refractivity contribution is -0.384. The number of anilines is 1. The van der Waals surface area contributed by atoms with E-state index in [9.17, 15) is 14.9 Å². The third kappa shape index (κ3) is 4.50. The average Bonchev–Trinajstić information content (AvgIpc) is 2.74. The first kappa shape index (κ1) is 18.8. The molecule has 0 aromatic heterocycles. The van der Waals surface area contributed by atoms with Crippen LogP contribution in [0.2, 0.25) is 0 Å². The van der Waals surface area contributed by atoms with Gasteiger partial charge >= 0.3 is 0 Å². The lowest BCUT2D eigenvalue weighted by Crippen LogP contribution is -2.29. The van der Waals surface area contributed by atoms with Gasteiger partial charge in [-0.05, 0) is 41.3 Å². The van der Waals surface area contributed by atoms with Crippen LogP contribution < -0.4 is 5.32 Å². The molecular formula is C23H21N3O3. The first-order valence-corrected chi connectivity index (χ1v) is 9.52. The standard InChI is InChI=1S/C23H21N3O3/c27-23(24-21-6-3-7-22(14-21)26(28)29)19-10-8-17(9-11-19)15-25-13-12-18-4-1-2-5-20(18)16-25/h1-11,14H,12-13,15-16H2,(H,24,27). The molecular weight excluding hydrogens is 366 g/mol. The van der Waals surface area contributed by atoms with Crippen molar-refractivity contribution in [2.75, 3.05) is 11.9 Å². The van der Waals surface area contributed by atoms with Gasteiger partial charge in [0.15, 0.2) is 0 Å². The molecule has 0 aliphatic carbocycles. The van der Waals surface area contributed by atoms with E-state index in [-0.39, 0.29) is 11.6 Å². The molecule has 0 saturated carbocycles. The predicted molar refractivity (Wildman–Crippen MR) is 112 cm³/mol. The van der Waals surface area contributed by atoms with Crippen LogP contribution >= 0.6 is 0 Å². The maximum Gasteiger partial charge on any atom is 0.271 e. The summed E-state index contributed by atoms with van der Waals surface area (Å²) >= 11 is 0. The summed E-state index contributed by atoms with van der Waals surface area (Å²) in [5, 5.41) is 13.6. The number of benzene rings is 3. The minimum atomic E-state index is -0.483. The molecule has 1 N–H and O–H groups in total. The molecule has 1 heterocycles. The fourth-order valence-electron chi connectivity index (χ4n) is 3.61. The molecule has 0 saturated heterocycles. The van der Waals surface area contributed by atoms with Gasteiger partial charge in [0.1, 0.15) is 0 Å². The Morgan fingerprint density at radius 2 is 1.76 bits per heavy atom. The first-order chi connectivity index (χ1) is 14.1. The molecule has 0 atom stereocenters. The van der Waals surface area contributed by atoms with Gasteiger partial charge in [-0.3, -0.25) is 19.8 Å². The van der Waals surface area contributed by atoms with Crippen molar-refractivity contribution in [3.8, 4) is 0 Å². The topological polar surface area (TPSA) is 75.5 Å². The molecule has 3 aromatic rings. The summed E-state index contributed by atoms with van der Waals surface area (Å²) in [6, 6.07) is 22.0. The highest BCUT2D eigenvalue weighted by Gasteiger charge is 2.16. The van der Waals surface area contributed by atoms with Crippen LogP contribution in [0.3, 0.4) is 0 Å². The lowest BCUT2D eigenvalue weighted by atomic mass is 9.99. The molecule has 1 aliphatic rings. The van der Waals surface area contributed by atoms with Crippen LogP contribution in [0.5, 0.6) is 0 Å². The van der Waals surface area contributed by atoms with E-state index in [1.807, 2.05) is 12.1 Å². The van der Waals surface area contributed by atoms with Gasteiger partial charge in [-0.15, -0.1) is 0 Å². The van der Waals surface area contributed by atoms with E-state index in [1.54, 1.807) is 24.3 Å². The Morgan fingerprint density at radius 1 is 1.00 bits per heavy atom. The van der Waals surface area contributed by atoms with Crippen molar-refractivity contribution in [3.05, 3.63) is 105 Å². The molecule has 29 heavy (non-hydrogen) atoms. The van der Waals surface area contributed by atoms with E-state index in [0.717, 1.165) is 31.6 Å². The largest absolute Gasteiger partial charge is 0.322 e. The van der Waals surface area contributed by atoms with Crippen LogP contribution in [0.25, 0.3) is 0 Å². The van der Waals surface area contributed by atoms with Crippen molar-refractivity contribution in [1.82, 2.24) is 4.90 Å². The lowest BCUT2D eigenvalue weighted by Gasteiger charge is -2.28. The maximum atomic E-state index is 12.4. The molecule has 1 aliphatic heterocycles. The molecule has 0 bridgehead atoms. The van der Waals surface area contributed by atoms with Crippen LogP contribution in [0, 0.1) is 10.1 Å². The molecule has 0 spiro atoms. The van der Waals surface area contributed by atoms with E-state index < -0.39 is 4.92 Å². The Morgan fingerprint density at radius 3 is 2.52 bits per heavy atom. The molecule has 1 amide bonds. The van der Waals surface area contributed by atoms with Crippen molar-refractivity contribution in [3.63, 3.8) is 0 Å². The molecule has 3 aromatic carbocycles. The first-order valence-electron chi connectivity index (χ1n) is 9.52. The third-order valence-corrected chi connectivity index (χ3v) is 5.15. The van der Waals surface area contributed by atoms with Gasteiger partial charge in [-0.2, -0.15) is 0 Å². The smallest absolute Gasteiger partial charge is 0.271 e. The zero-order valence-electron chi connectivity index (χ0n) is 15.9. The quantitative estimate of drug-likeness (QED) is 0.520. The van der Waals surface area contributed by atoms with E-state index in [1.165, 1.54) is 23.3 Å². The summed E-state index contributed by atoms with van der Waals surface area (Å²) in [5.74, 6) is -0.288. The number of carbonyl (C=O) groups excluding carboxylic acids is 1. The number of fused-ring (bicyclic) bond motifs is 1. The Bertz CT molecular complexity index is 1050. The average molecular weight is 387 g/mol. The molecule has 0 radical (unpaired) electrons. The number of rotatable bonds is 5.